The molecular weight excluding hydrogens is 330 g/mol. The Morgan fingerprint density at radius 1 is 1.21 bits per heavy atom. The number of nitrogens with one attached hydrogen (secondary N) is 1. The number of fused-ring (bicyclic) bond motifs is 1. The largest absolute Gasteiger partial charge is 0.508 e. The molecule has 24 heavy (non-hydrogen) atoms. The van der Waals surface area contributed by atoms with Gasteiger partial charge in [0.2, 0.25) is 5.88 Å². The van der Waals surface area contributed by atoms with Gasteiger partial charge in [0.25, 0.3) is 5.91 Å². The number of azo groups is 1. The molecule has 3 aromatic rings. The third-order valence-corrected chi connectivity index (χ3v) is 3.79. The number of H-pyrrole nitrogens is 1. The van der Waals surface area contributed by atoms with E-state index >= 15 is 0 Å². The molecule has 7 heteroatoms. The Kier molecular flexibility index (Phi) is 4.22. The van der Waals surface area contributed by atoms with Crippen molar-refractivity contribution >= 4 is 34.1 Å². The first-order valence-electron chi connectivity index (χ1n) is 7.17. The number of hydrogen-bond acceptors (Lipinski definition) is 4. The minimum Gasteiger partial charge on any atom is -0.508 e. The van der Waals surface area contributed by atoms with Crippen molar-refractivity contribution in [3.05, 3.63) is 52.5 Å². The van der Waals surface area contributed by atoms with Crippen LogP contribution in [0.15, 0.2) is 46.6 Å². The lowest BCUT2D eigenvalue weighted by Gasteiger charge is -1.98. The smallest absolute Gasteiger partial charge is 0.269 e. The van der Waals surface area contributed by atoms with Gasteiger partial charge in [-0.25, -0.2) is 0 Å². The van der Waals surface area contributed by atoms with Gasteiger partial charge in [0.15, 0.2) is 5.69 Å². The van der Waals surface area contributed by atoms with E-state index in [-0.39, 0.29) is 23.7 Å². The number of phenolic OH excluding ortho intramolecular Hbond substituents is 1. The second-order valence-electron chi connectivity index (χ2n) is 5.40. The van der Waals surface area contributed by atoms with Crippen LogP contribution in [0, 0.1) is 6.92 Å². The van der Waals surface area contributed by atoms with E-state index in [1.54, 1.807) is 24.3 Å². The number of phenols is 1. The van der Waals surface area contributed by atoms with Gasteiger partial charge in [-0.2, -0.15) is 0 Å². The maximum Gasteiger partial charge on any atom is 0.269 e. The van der Waals surface area contributed by atoms with E-state index in [4.69, 9.17) is 11.6 Å². The Hall–Kier alpha value is -2.86. The summed E-state index contributed by atoms with van der Waals surface area (Å²) >= 11 is 6.03. The number of aromatic amines is 1. The number of carbonyl (C=O) groups is 1. The summed E-state index contributed by atoms with van der Waals surface area (Å²) in [6, 6.07) is 9.67. The maximum absolute atomic E-state index is 11.9. The average Bonchev–Trinajstić information content (AvgIpc) is 2.84. The van der Waals surface area contributed by atoms with Crippen molar-refractivity contribution < 1.29 is 15.0 Å². The van der Waals surface area contributed by atoms with Crippen molar-refractivity contribution in [3.8, 4) is 11.6 Å². The highest BCUT2D eigenvalue weighted by Gasteiger charge is 2.13. The van der Waals surface area contributed by atoms with Crippen molar-refractivity contribution in [1.82, 2.24) is 4.98 Å². The van der Waals surface area contributed by atoms with E-state index in [2.05, 4.69) is 15.2 Å². The van der Waals surface area contributed by atoms with Crippen LogP contribution in [-0.4, -0.2) is 21.1 Å². The fraction of sp³-hybridized carbons (Fsp3) is 0.118. The van der Waals surface area contributed by atoms with Crippen molar-refractivity contribution in [3.63, 3.8) is 0 Å². The Morgan fingerprint density at radius 2 is 1.92 bits per heavy atom. The predicted octanol–water partition coefficient (Wildman–Crippen LogP) is 4.39. The molecule has 0 aliphatic heterocycles. The summed E-state index contributed by atoms with van der Waals surface area (Å²) in [6.45, 7) is 1.85. The number of rotatable bonds is 3. The van der Waals surface area contributed by atoms with Gasteiger partial charge in [-0.05, 0) is 42.3 Å². The second kappa shape index (κ2) is 6.33. The van der Waals surface area contributed by atoms with E-state index in [1.807, 2.05) is 6.92 Å². The molecule has 6 nitrogen and oxygen atoms in total. The molecule has 0 saturated heterocycles. The molecule has 0 atom stereocenters. The molecule has 3 rings (SSSR count). The van der Waals surface area contributed by atoms with E-state index in [0.717, 1.165) is 5.56 Å². The van der Waals surface area contributed by atoms with Gasteiger partial charge < -0.3 is 15.2 Å². The molecule has 1 heterocycles. The Bertz CT molecular complexity index is 946. The van der Waals surface area contributed by atoms with Crippen molar-refractivity contribution in [2.75, 3.05) is 0 Å². The number of benzene rings is 2. The summed E-state index contributed by atoms with van der Waals surface area (Å²) in [4.78, 5) is 14.7. The highest BCUT2D eigenvalue weighted by Crippen LogP contribution is 2.38. The summed E-state index contributed by atoms with van der Waals surface area (Å²) in [5, 5.41) is 27.9. The zero-order chi connectivity index (χ0) is 17.3. The highest BCUT2D eigenvalue weighted by atomic mass is 35.5. The Labute approximate surface area is 142 Å². The summed E-state index contributed by atoms with van der Waals surface area (Å²) in [5.41, 5.74) is 2.43. The van der Waals surface area contributed by atoms with Gasteiger partial charge >= 0.3 is 0 Å². The molecule has 0 unspecified atom stereocenters. The van der Waals surface area contributed by atoms with Crippen LogP contribution in [-0.2, 0) is 11.2 Å². The lowest BCUT2D eigenvalue weighted by molar-refractivity contribution is -0.117. The molecule has 2 aromatic carbocycles. The number of aryl methyl sites for hydroxylation is 1. The topological polar surface area (TPSA) is 98.0 Å². The molecular formula is C17H14ClN3O3. The fourth-order valence-electron chi connectivity index (χ4n) is 2.43. The third kappa shape index (κ3) is 3.23. The van der Waals surface area contributed by atoms with E-state index < -0.39 is 5.91 Å². The standard InChI is InChI=1S/C17H14ClN3O3/c1-9-6-11(18)8-13-15(9)19-17(24)16(13)21-20-14(23)7-10-2-4-12(22)5-3-10/h2-6,8,19,22,24H,7H2,1H3. The van der Waals surface area contributed by atoms with Crippen molar-refractivity contribution in [2.45, 2.75) is 13.3 Å². The van der Waals surface area contributed by atoms with Crippen LogP contribution in [0.25, 0.3) is 10.9 Å². The quantitative estimate of drug-likeness (QED) is 0.615. The lowest BCUT2D eigenvalue weighted by Crippen LogP contribution is -1.97. The summed E-state index contributed by atoms with van der Waals surface area (Å²) in [7, 11) is 0. The maximum atomic E-state index is 11.9. The fourth-order valence-corrected chi connectivity index (χ4v) is 2.70. The van der Waals surface area contributed by atoms with E-state index in [0.29, 0.717) is 21.5 Å². The molecule has 122 valence electrons. The van der Waals surface area contributed by atoms with Gasteiger partial charge in [0, 0.05) is 10.4 Å². The number of nitrogens with zero attached hydrogens (tertiary/aromatic N) is 2. The van der Waals surface area contributed by atoms with Gasteiger partial charge in [-0.3, -0.25) is 4.79 Å². The molecule has 1 aromatic heterocycles. The minimum absolute atomic E-state index is 0.0483. The van der Waals surface area contributed by atoms with Gasteiger partial charge in [-0.1, -0.05) is 23.7 Å². The monoisotopic (exact) mass is 343 g/mol. The highest BCUT2D eigenvalue weighted by molar-refractivity contribution is 6.31. The van der Waals surface area contributed by atoms with Crippen LogP contribution in [0.3, 0.4) is 0 Å². The molecule has 3 N–H and O–H groups in total. The van der Waals surface area contributed by atoms with Crippen molar-refractivity contribution in [2.24, 2.45) is 10.2 Å². The lowest BCUT2D eigenvalue weighted by atomic mass is 10.1. The first kappa shape index (κ1) is 16.0. The molecule has 1 amide bonds. The van der Waals surface area contributed by atoms with Crippen LogP contribution in [0.2, 0.25) is 5.02 Å². The average molecular weight is 344 g/mol. The summed E-state index contributed by atoms with van der Waals surface area (Å²) in [6.07, 6.45) is 0.0483. The number of aromatic nitrogens is 1. The van der Waals surface area contributed by atoms with Crippen LogP contribution in [0.5, 0.6) is 11.6 Å². The molecule has 0 saturated carbocycles. The van der Waals surface area contributed by atoms with E-state index in [9.17, 15) is 15.0 Å². The number of aromatic hydroxyl groups is 2. The number of hydrogen-bond donors (Lipinski definition) is 3. The predicted molar refractivity (Wildman–Crippen MR) is 91.0 cm³/mol. The van der Waals surface area contributed by atoms with E-state index in [1.165, 1.54) is 12.1 Å². The zero-order valence-corrected chi connectivity index (χ0v) is 13.5. The zero-order valence-electron chi connectivity index (χ0n) is 12.7. The third-order valence-electron chi connectivity index (χ3n) is 3.58. The van der Waals surface area contributed by atoms with Crippen molar-refractivity contribution in [1.29, 1.82) is 0 Å². The van der Waals surface area contributed by atoms with Gasteiger partial charge in [0.05, 0.1) is 11.9 Å². The molecule has 0 aliphatic rings. The first-order chi connectivity index (χ1) is 11.4. The van der Waals surface area contributed by atoms with Crippen LogP contribution in [0.1, 0.15) is 11.1 Å². The van der Waals surface area contributed by atoms with Crippen LogP contribution in [0.4, 0.5) is 5.69 Å². The molecule has 0 bridgehead atoms. The number of halogens is 1. The summed E-state index contributed by atoms with van der Waals surface area (Å²) in [5.74, 6) is -0.506. The number of amides is 1. The van der Waals surface area contributed by atoms with Gasteiger partial charge in [0.1, 0.15) is 5.75 Å². The number of carbonyl (C=O) groups excluding carboxylic acids is 1. The second-order valence-corrected chi connectivity index (χ2v) is 5.84. The Morgan fingerprint density at radius 3 is 2.62 bits per heavy atom. The molecule has 0 aliphatic carbocycles. The van der Waals surface area contributed by atoms with Gasteiger partial charge in [-0.15, -0.1) is 10.2 Å². The molecule has 0 spiro atoms. The normalized spacial score (nSPS) is 11.4. The van der Waals surface area contributed by atoms with Crippen LogP contribution >= 0.6 is 11.6 Å². The first-order valence-corrected chi connectivity index (χ1v) is 7.55. The molecule has 0 radical (unpaired) electrons. The minimum atomic E-state index is -0.465. The Balaban J connectivity index is 1.86. The van der Waals surface area contributed by atoms with Crippen LogP contribution < -0.4 is 0 Å². The summed E-state index contributed by atoms with van der Waals surface area (Å²) < 4.78 is 0. The SMILES string of the molecule is Cc1cc(Cl)cc2c(N=NC(=O)Cc3ccc(O)cc3)c(O)[nH]c12. The molecule has 0 fully saturated rings.